The molecule has 0 atom stereocenters. The molecule has 4 aromatic rings. The minimum absolute atomic E-state index is 0.00545. The van der Waals surface area contributed by atoms with Gasteiger partial charge < -0.3 is 10.1 Å². The average Bonchev–Trinajstić information content (AvgIpc) is 3.42. The zero-order valence-electron chi connectivity index (χ0n) is 16.8. The Morgan fingerprint density at radius 2 is 1.81 bits per heavy atom. The fourth-order valence-corrected chi connectivity index (χ4v) is 4.19. The van der Waals surface area contributed by atoms with Crippen molar-refractivity contribution in [2.75, 3.05) is 11.9 Å². The quantitative estimate of drug-likeness (QED) is 0.435. The number of hydrogen-bond donors (Lipinski definition) is 1. The lowest BCUT2D eigenvalue weighted by Gasteiger charge is -2.10. The van der Waals surface area contributed by atoms with E-state index in [0.717, 1.165) is 22.4 Å². The van der Waals surface area contributed by atoms with E-state index in [9.17, 15) is 9.59 Å². The average molecular weight is 433 g/mol. The van der Waals surface area contributed by atoms with Crippen molar-refractivity contribution in [3.8, 4) is 22.4 Å². The number of pyridine rings is 1. The number of carbonyl (C=O) groups is 2. The number of ether oxygens (including phenoxy) is 1. The second-order valence-electron chi connectivity index (χ2n) is 6.60. The number of carbonyl (C=O) groups excluding carboxylic acids is 2. The smallest absolute Gasteiger partial charge is 0.341 e. The van der Waals surface area contributed by atoms with Crippen LogP contribution in [0.25, 0.3) is 22.4 Å². The zero-order chi connectivity index (χ0) is 21.6. The van der Waals surface area contributed by atoms with Crippen molar-refractivity contribution >= 4 is 28.2 Å². The van der Waals surface area contributed by atoms with E-state index in [0.29, 0.717) is 10.6 Å². The number of nitrogens with one attached hydrogen (secondary N) is 1. The molecule has 1 aromatic carbocycles. The SMILES string of the molecule is CCOC(=O)c1c(-c2ccccc2)csc1NC(=O)Cn1nccc1-c1ccncc1. The number of rotatable bonds is 7. The van der Waals surface area contributed by atoms with Crippen LogP contribution in [0.5, 0.6) is 0 Å². The van der Waals surface area contributed by atoms with Crippen LogP contribution in [0.1, 0.15) is 17.3 Å². The predicted molar refractivity (Wildman–Crippen MR) is 120 cm³/mol. The van der Waals surface area contributed by atoms with Crippen molar-refractivity contribution in [3.05, 3.63) is 78.1 Å². The van der Waals surface area contributed by atoms with Gasteiger partial charge in [0.05, 0.1) is 12.3 Å². The Balaban J connectivity index is 1.59. The summed E-state index contributed by atoms with van der Waals surface area (Å²) >= 11 is 1.30. The summed E-state index contributed by atoms with van der Waals surface area (Å²) in [6, 6.07) is 15.1. The summed E-state index contributed by atoms with van der Waals surface area (Å²) in [5.41, 5.74) is 3.70. The largest absolute Gasteiger partial charge is 0.462 e. The first kappa shape index (κ1) is 20.5. The van der Waals surface area contributed by atoms with Crippen molar-refractivity contribution in [2.24, 2.45) is 0 Å². The molecule has 0 aliphatic rings. The van der Waals surface area contributed by atoms with Crippen LogP contribution in [0.4, 0.5) is 5.00 Å². The first-order valence-electron chi connectivity index (χ1n) is 9.73. The van der Waals surface area contributed by atoms with Gasteiger partial charge >= 0.3 is 5.97 Å². The van der Waals surface area contributed by atoms with E-state index in [1.807, 2.05) is 53.9 Å². The molecule has 1 N–H and O–H groups in total. The van der Waals surface area contributed by atoms with E-state index in [1.54, 1.807) is 30.2 Å². The van der Waals surface area contributed by atoms with Crippen LogP contribution in [-0.2, 0) is 16.1 Å². The first-order valence-corrected chi connectivity index (χ1v) is 10.6. The van der Waals surface area contributed by atoms with Crippen LogP contribution in [0.15, 0.2) is 72.5 Å². The summed E-state index contributed by atoms with van der Waals surface area (Å²) in [5.74, 6) is -0.750. The molecule has 0 saturated heterocycles. The Morgan fingerprint density at radius 3 is 2.55 bits per heavy atom. The third-order valence-corrected chi connectivity index (χ3v) is 5.49. The molecule has 0 unspecified atom stereocenters. The van der Waals surface area contributed by atoms with Crippen LogP contribution >= 0.6 is 11.3 Å². The lowest BCUT2D eigenvalue weighted by Crippen LogP contribution is -2.21. The molecule has 0 radical (unpaired) electrons. The van der Waals surface area contributed by atoms with Gasteiger partial charge in [0.25, 0.3) is 0 Å². The second-order valence-corrected chi connectivity index (χ2v) is 7.48. The molecule has 0 bridgehead atoms. The number of anilines is 1. The lowest BCUT2D eigenvalue weighted by molar-refractivity contribution is -0.116. The van der Waals surface area contributed by atoms with Gasteiger partial charge in [-0.15, -0.1) is 11.3 Å². The molecule has 3 aromatic heterocycles. The number of aromatic nitrogens is 3. The third-order valence-electron chi connectivity index (χ3n) is 4.59. The number of hydrogen-bond acceptors (Lipinski definition) is 6. The topological polar surface area (TPSA) is 86.1 Å². The number of esters is 1. The van der Waals surface area contributed by atoms with Crippen molar-refractivity contribution in [1.29, 1.82) is 0 Å². The second kappa shape index (κ2) is 9.36. The summed E-state index contributed by atoms with van der Waals surface area (Å²) in [5, 5.41) is 9.44. The molecule has 0 aliphatic heterocycles. The summed E-state index contributed by atoms with van der Waals surface area (Å²) in [4.78, 5) is 29.5. The fourth-order valence-electron chi connectivity index (χ4n) is 3.21. The summed E-state index contributed by atoms with van der Waals surface area (Å²) in [7, 11) is 0. The molecule has 156 valence electrons. The third kappa shape index (κ3) is 4.54. The van der Waals surface area contributed by atoms with Crippen molar-refractivity contribution < 1.29 is 14.3 Å². The van der Waals surface area contributed by atoms with Gasteiger partial charge in [-0.25, -0.2) is 4.79 Å². The Bertz CT molecular complexity index is 1190. The van der Waals surface area contributed by atoms with Gasteiger partial charge in [0, 0.05) is 35.1 Å². The van der Waals surface area contributed by atoms with Crippen LogP contribution in [0.3, 0.4) is 0 Å². The molecule has 0 saturated carbocycles. The van der Waals surface area contributed by atoms with Crippen LogP contribution < -0.4 is 5.32 Å². The Hall–Kier alpha value is -3.78. The highest BCUT2D eigenvalue weighted by Gasteiger charge is 2.23. The van der Waals surface area contributed by atoms with Crippen molar-refractivity contribution in [2.45, 2.75) is 13.5 Å². The molecular weight excluding hydrogens is 412 g/mol. The van der Waals surface area contributed by atoms with E-state index < -0.39 is 5.97 Å². The van der Waals surface area contributed by atoms with Gasteiger partial charge in [-0.2, -0.15) is 5.10 Å². The van der Waals surface area contributed by atoms with E-state index in [-0.39, 0.29) is 19.1 Å². The molecule has 7 nitrogen and oxygen atoms in total. The molecule has 4 rings (SSSR count). The molecule has 3 heterocycles. The fraction of sp³-hybridized carbons (Fsp3) is 0.130. The number of amides is 1. The Labute approximate surface area is 183 Å². The van der Waals surface area contributed by atoms with Gasteiger partial charge in [0.1, 0.15) is 17.1 Å². The summed E-state index contributed by atoms with van der Waals surface area (Å²) in [6.45, 7) is 2.01. The van der Waals surface area contributed by atoms with Crippen LogP contribution in [-0.4, -0.2) is 33.2 Å². The number of thiophene rings is 1. The van der Waals surface area contributed by atoms with Gasteiger partial charge in [0.15, 0.2) is 0 Å². The van der Waals surface area contributed by atoms with Crippen LogP contribution in [0, 0.1) is 0 Å². The molecule has 0 aliphatic carbocycles. The van der Waals surface area contributed by atoms with Crippen molar-refractivity contribution in [1.82, 2.24) is 14.8 Å². The first-order chi connectivity index (χ1) is 15.2. The maximum Gasteiger partial charge on any atom is 0.341 e. The standard InChI is InChI=1S/C23H20N4O3S/c1-2-30-23(29)21-18(16-6-4-3-5-7-16)15-31-22(21)26-20(28)14-27-19(10-13-25-27)17-8-11-24-12-9-17/h3-13,15H,2,14H2,1H3,(H,26,28). The highest BCUT2D eigenvalue weighted by Crippen LogP contribution is 2.36. The van der Waals surface area contributed by atoms with Gasteiger partial charge in [-0.1, -0.05) is 30.3 Å². The normalized spacial score (nSPS) is 10.6. The molecule has 31 heavy (non-hydrogen) atoms. The maximum absolute atomic E-state index is 12.8. The van der Waals surface area contributed by atoms with Crippen LogP contribution in [0.2, 0.25) is 0 Å². The van der Waals surface area contributed by atoms with Gasteiger partial charge in [0.2, 0.25) is 5.91 Å². The Kier molecular flexibility index (Phi) is 6.18. The van der Waals surface area contributed by atoms with E-state index >= 15 is 0 Å². The van der Waals surface area contributed by atoms with E-state index in [4.69, 9.17) is 4.74 Å². The van der Waals surface area contributed by atoms with Crippen molar-refractivity contribution in [3.63, 3.8) is 0 Å². The number of nitrogens with zero attached hydrogens (tertiary/aromatic N) is 3. The molecule has 1 amide bonds. The van der Waals surface area contributed by atoms with E-state index in [2.05, 4.69) is 15.4 Å². The summed E-state index contributed by atoms with van der Waals surface area (Å²) in [6.07, 6.45) is 5.02. The molecule has 0 spiro atoms. The summed E-state index contributed by atoms with van der Waals surface area (Å²) < 4.78 is 6.86. The maximum atomic E-state index is 12.8. The zero-order valence-corrected chi connectivity index (χ0v) is 17.6. The monoisotopic (exact) mass is 432 g/mol. The minimum Gasteiger partial charge on any atom is -0.462 e. The highest BCUT2D eigenvalue weighted by atomic mass is 32.1. The highest BCUT2D eigenvalue weighted by molar-refractivity contribution is 7.15. The predicted octanol–water partition coefficient (Wildman–Crippen LogP) is 4.49. The number of benzene rings is 1. The van der Waals surface area contributed by atoms with E-state index in [1.165, 1.54) is 11.3 Å². The Morgan fingerprint density at radius 1 is 1.03 bits per heavy atom. The molecular formula is C23H20N4O3S. The molecule has 0 fully saturated rings. The lowest BCUT2D eigenvalue weighted by atomic mass is 10.0. The molecule has 8 heteroatoms. The van der Waals surface area contributed by atoms with Gasteiger partial charge in [-0.3, -0.25) is 14.5 Å². The minimum atomic E-state index is -0.463. The van der Waals surface area contributed by atoms with Gasteiger partial charge in [-0.05, 0) is 30.7 Å².